The molecule has 1 aliphatic heterocycles. The van der Waals surface area contributed by atoms with Crippen LogP contribution in [0, 0.1) is 10.1 Å². The highest BCUT2D eigenvalue weighted by molar-refractivity contribution is 5.21. The summed E-state index contributed by atoms with van der Waals surface area (Å²) >= 11 is 0. The van der Waals surface area contributed by atoms with Gasteiger partial charge in [-0.3, -0.25) is 15.4 Å². The third-order valence-electron chi connectivity index (χ3n) is 3.43. The molecule has 2 rings (SSSR count). The van der Waals surface area contributed by atoms with Crippen LogP contribution in [0.1, 0.15) is 38.3 Å². The van der Waals surface area contributed by atoms with Crippen LogP contribution < -0.4 is 5.32 Å². The molecule has 2 atom stereocenters. The van der Waals surface area contributed by atoms with Crippen molar-refractivity contribution in [3.8, 4) is 0 Å². The summed E-state index contributed by atoms with van der Waals surface area (Å²) in [5.74, 6) is 0. The molecular formula is C13H18N2O2. The number of piperidine rings is 1. The molecule has 92 valence electrons. The van der Waals surface area contributed by atoms with Crippen molar-refractivity contribution >= 4 is 0 Å². The Bertz CT molecular complexity index is 403. The minimum absolute atomic E-state index is 0.0347. The van der Waals surface area contributed by atoms with E-state index in [9.17, 15) is 10.1 Å². The lowest BCUT2D eigenvalue weighted by Gasteiger charge is -2.38. The van der Waals surface area contributed by atoms with Crippen LogP contribution in [0.5, 0.6) is 0 Å². The number of nitrogens with zero attached hydrogens (tertiary/aromatic N) is 1. The summed E-state index contributed by atoms with van der Waals surface area (Å²) in [5, 5.41) is 14.5. The summed E-state index contributed by atoms with van der Waals surface area (Å²) in [5.41, 5.74) is 0.967. The van der Waals surface area contributed by atoms with Crippen LogP contribution in [0.3, 0.4) is 0 Å². The largest absolute Gasteiger partial charge is 0.299 e. The SMILES string of the molecule is CC1(C)CC[C@H]([N+](=O)[O-])[C@@H](c2ccccc2)N1. The summed E-state index contributed by atoms with van der Waals surface area (Å²) in [6, 6.07) is 8.98. The van der Waals surface area contributed by atoms with Gasteiger partial charge in [-0.2, -0.15) is 0 Å². The number of nitrogens with one attached hydrogen (secondary N) is 1. The van der Waals surface area contributed by atoms with Crippen molar-refractivity contribution in [2.75, 3.05) is 0 Å². The van der Waals surface area contributed by atoms with E-state index in [4.69, 9.17) is 0 Å². The Labute approximate surface area is 101 Å². The van der Waals surface area contributed by atoms with Gasteiger partial charge in [-0.25, -0.2) is 0 Å². The van der Waals surface area contributed by atoms with Crippen LogP contribution in [0.25, 0.3) is 0 Å². The number of hydrogen-bond donors (Lipinski definition) is 1. The van der Waals surface area contributed by atoms with E-state index in [1.807, 2.05) is 30.3 Å². The zero-order chi connectivity index (χ0) is 12.5. The molecule has 4 heteroatoms. The smallest absolute Gasteiger partial charge is 0.232 e. The van der Waals surface area contributed by atoms with Crippen molar-refractivity contribution < 1.29 is 4.92 Å². The lowest BCUT2D eigenvalue weighted by Crippen LogP contribution is -2.52. The molecule has 17 heavy (non-hydrogen) atoms. The van der Waals surface area contributed by atoms with Gasteiger partial charge in [0.15, 0.2) is 0 Å². The minimum atomic E-state index is -0.523. The molecule has 1 saturated heterocycles. The fourth-order valence-electron chi connectivity index (χ4n) is 2.46. The van der Waals surface area contributed by atoms with Crippen molar-refractivity contribution in [3.05, 3.63) is 46.0 Å². The first kappa shape index (κ1) is 12.0. The van der Waals surface area contributed by atoms with Crippen molar-refractivity contribution in [2.24, 2.45) is 0 Å². The maximum atomic E-state index is 11.1. The van der Waals surface area contributed by atoms with Crippen LogP contribution in [-0.2, 0) is 0 Å². The Morgan fingerprint density at radius 1 is 1.35 bits per heavy atom. The van der Waals surface area contributed by atoms with Gasteiger partial charge >= 0.3 is 0 Å². The molecule has 0 bridgehead atoms. The molecule has 1 N–H and O–H groups in total. The Morgan fingerprint density at radius 3 is 2.59 bits per heavy atom. The Hall–Kier alpha value is -1.42. The van der Waals surface area contributed by atoms with Gasteiger partial charge in [0.05, 0.1) is 0 Å². The van der Waals surface area contributed by atoms with Crippen LogP contribution in [-0.4, -0.2) is 16.5 Å². The van der Waals surface area contributed by atoms with Crippen LogP contribution in [0.2, 0.25) is 0 Å². The predicted molar refractivity (Wildman–Crippen MR) is 66.4 cm³/mol. The third kappa shape index (κ3) is 2.64. The highest BCUT2D eigenvalue weighted by atomic mass is 16.6. The summed E-state index contributed by atoms with van der Waals surface area (Å²) in [7, 11) is 0. The predicted octanol–water partition coefficient (Wildman–Crippen LogP) is 2.54. The Kier molecular flexibility index (Phi) is 3.15. The molecule has 1 heterocycles. The Balaban J connectivity index is 2.29. The normalized spacial score (nSPS) is 27.6. The molecule has 1 aromatic rings. The molecular weight excluding hydrogens is 216 g/mol. The van der Waals surface area contributed by atoms with E-state index in [-0.39, 0.29) is 16.5 Å². The highest BCUT2D eigenvalue weighted by Gasteiger charge is 2.41. The first-order valence-electron chi connectivity index (χ1n) is 5.96. The lowest BCUT2D eigenvalue weighted by molar-refractivity contribution is -0.532. The van der Waals surface area contributed by atoms with E-state index in [0.29, 0.717) is 6.42 Å². The van der Waals surface area contributed by atoms with E-state index in [0.717, 1.165) is 12.0 Å². The molecule has 1 aromatic carbocycles. The van der Waals surface area contributed by atoms with E-state index in [1.54, 1.807) is 0 Å². The minimum Gasteiger partial charge on any atom is -0.299 e. The molecule has 0 aromatic heterocycles. The van der Waals surface area contributed by atoms with Gasteiger partial charge in [0.25, 0.3) is 0 Å². The van der Waals surface area contributed by atoms with E-state index >= 15 is 0 Å². The summed E-state index contributed by atoms with van der Waals surface area (Å²) in [4.78, 5) is 11.0. The number of benzene rings is 1. The molecule has 0 saturated carbocycles. The number of hydrogen-bond acceptors (Lipinski definition) is 3. The topological polar surface area (TPSA) is 55.2 Å². The monoisotopic (exact) mass is 234 g/mol. The third-order valence-corrected chi connectivity index (χ3v) is 3.43. The standard InChI is InChI=1S/C13H18N2O2/c1-13(2)9-8-11(15(16)17)12(14-13)10-6-4-3-5-7-10/h3-7,11-12,14H,8-9H2,1-2H3/t11-,12+/m0/s1. The highest BCUT2D eigenvalue weighted by Crippen LogP contribution is 2.32. The lowest BCUT2D eigenvalue weighted by atomic mass is 9.83. The molecule has 1 fully saturated rings. The first-order chi connectivity index (χ1) is 7.99. The van der Waals surface area contributed by atoms with Crippen LogP contribution in [0.4, 0.5) is 0 Å². The van der Waals surface area contributed by atoms with Crippen LogP contribution in [0.15, 0.2) is 30.3 Å². The Morgan fingerprint density at radius 2 is 2.00 bits per heavy atom. The fraction of sp³-hybridized carbons (Fsp3) is 0.538. The fourth-order valence-corrected chi connectivity index (χ4v) is 2.46. The van der Waals surface area contributed by atoms with Gasteiger partial charge in [-0.15, -0.1) is 0 Å². The summed E-state index contributed by atoms with van der Waals surface area (Å²) in [6.07, 6.45) is 1.47. The maximum Gasteiger partial charge on any atom is 0.232 e. The molecule has 0 spiro atoms. The van der Waals surface area contributed by atoms with Crippen molar-refractivity contribution in [1.82, 2.24) is 5.32 Å². The van der Waals surface area contributed by atoms with Gasteiger partial charge in [0.1, 0.15) is 6.04 Å². The quantitative estimate of drug-likeness (QED) is 0.632. The zero-order valence-electron chi connectivity index (χ0n) is 10.2. The van der Waals surface area contributed by atoms with Crippen LogP contribution >= 0.6 is 0 Å². The second-order valence-corrected chi connectivity index (χ2v) is 5.31. The van der Waals surface area contributed by atoms with E-state index in [1.165, 1.54) is 0 Å². The second kappa shape index (κ2) is 4.45. The van der Waals surface area contributed by atoms with Gasteiger partial charge in [0, 0.05) is 16.9 Å². The summed E-state index contributed by atoms with van der Waals surface area (Å²) < 4.78 is 0. The molecule has 0 amide bonds. The van der Waals surface area contributed by atoms with Gasteiger partial charge in [-0.05, 0) is 25.8 Å². The number of nitro groups is 1. The zero-order valence-corrected chi connectivity index (χ0v) is 10.2. The molecule has 0 radical (unpaired) electrons. The molecule has 1 aliphatic rings. The summed E-state index contributed by atoms with van der Waals surface area (Å²) in [6.45, 7) is 4.19. The number of rotatable bonds is 2. The molecule has 4 nitrogen and oxygen atoms in total. The maximum absolute atomic E-state index is 11.1. The average Bonchev–Trinajstić information content (AvgIpc) is 2.28. The average molecular weight is 234 g/mol. The molecule has 0 unspecified atom stereocenters. The van der Waals surface area contributed by atoms with Crippen molar-refractivity contribution in [2.45, 2.75) is 44.3 Å². The van der Waals surface area contributed by atoms with Crippen molar-refractivity contribution in [3.63, 3.8) is 0 Å². The second-order valence-electron chi connectivity index (χ2n) is 5.31. The van der Waals surface area contributed by atoms with Gasteiger partial charge < -0.3 is 0 Å². The van der Waals surface area contributed by atoms with Gasteiger partial charge in [-0.1, -0.05) is 30.3 Å². The first-order valence-corrected chi connectivity index (χ1v) is 5.96. The van der Waals surface area contributed by atoms with E-state index in [2.05, 4.69) is 19.2 Å². The van der Waals surface area contributed by atoms with Crippen molar-refractivity contribution in [1.29, 1.82) is 0 Å². The van der Waals surface area contributed by atoms with E-state index < -0.39 is 6.04 Å². The van der Waals surface area contributed by atoms with Gasteiger partial charge in [0.2, 0.25) is 6.04 Å². The molecule has 0 aliphatic carbocycles.